The summed E-state index contributed by atoms with van der Waals surface area (Å²) >= 11 is 0. The van der Waals surface area contributed by atoms with Crippen LogP contribution in [-0.4, -0.2) is 4.98 Å². The third-order valence-corrected chi connectivity index (χ3v) is 2.90. The lowest BCUT2D eigenvalue weighted by Crippen LogP contribution is -1.91. The van der Waals surface area contributed by atoms with Crippen molar-refractivity contribution < 1.29 is 13.2 Å². The molecule has 4 nitrogen and oxygen atoms in total. The molecule has 4 N–H and O–H groups in total. The van der Waals surface area contributed by atoms with Gasteiger partial charge < -0.3 is 15.9 Å². The number of nitrogen functional groups attached to an aromatic ring is 2. The van der Waals surface area contributed by atoms with E-state index in [-0.39, 0.29) is 11.6 Å². The molecule has 19 heavy (non-hydrogen) atoms. The predicted octanol–water partition coefficient (Wildman–Crippen LogP) is 2.94. The van der Waals surface area contributed by atoms with Crippen LogP contribution < -0.4 is 11.5 Å². The van der Waals surface area contributed by atoms with Crippen LogP contribution in [0, 0.1) is 11.6 Å². The maximum absolute atomic E-state index is 13.3. The van der Waals surface area contributed by atoms with Crippen LogP contribution in [-0.2, 0) is 0 Å². The quantitative estimate of drug-likeness (QED) is 0.706. The molecule has 0 spiro atoms. The number of benzene rings is 1. The molecular formula is C13H9F2N3O. The zero-order valence-electron chi connectivity index (χ0n) is 9.65. The van der Waals surface area contributed by atoms with Crippen LogP contribution >= 0.6 is 0 Å². The van der Waals surface area contributed by atoms with Crippen molar-refractivity contribution >= 4 is 22.5 Å². The van der Waals surface area contributed by atoms with E-state index in [2.05, 4.69) is 4.98 Å². The predicted molar refractivity (Wildman–Crippen MR) is 68.2 cm³/mol. The van der Waals surface area contributed by atoms with Crippen LogP contribution in [0.4, 0.5) is 20.4 Å². The number of anilines is 2. The van der Waals surface area contributed by atoms with E-state index in [1.54, 1.807) is 0 Å². The molecule has 0 saturated heterocycles. The highest BCUT2D eigenvalue weighted by Gasteiger charge is 2.15. The summed E-state index contributed by atoms with van der Waals surface area (Å²) in [5.41, 5.74) is 13.1. The summed E-state index contributed by atoms with van der Waals surface area (Å²) in [4.78, 5) is 3.97. The normalized spacial score (nSPS) is 11.1. The highest BCUT2D eigenvalue weighted by molar-refractivity contribution is 6.04. The zero-order chi connectivity index (χ0) is 13.6. The van der Waals surface area contributed by atoms with E-state index in [0.717, 1.165) is 12.1 Å². The van der Waals surface area contributed by atoms with Gasteiger partial charge in [0.2, 0.25) is 5.88 Å². The lowest BCUT2D eigenvalue weighted by atomic mass is 10.0. The molecule has 0 bridgehead atoms. The Hall–Kier alpha value is -2.63. The number of hydrogen-bond acceptors (Lipinski definition) is 4. The smallest absolute Gasteiger partial charge is 0.214 e. The van der Waals surface area contributed by atoms with Crippen molar-refractivity contribution in [3.8, 4) is 11.1 Å². The minimum atomic E-state index is -0.940. The van der Waals surface area contributed by atoms with Gasteiger partial charge in [-0.1, -0.05) is 6.07 Å². The molecule has 1 aromatic carbocycles. The summed E-state index contributed by atoms with van der Waals surface area (Å²) in [5.74, 6) is -1.78. The van der Waals surface area contributed by atoms with Gasteiger partial charge in [0.25, 0.3) is 0 Å². The number of halogens is 2. The molecule has 0 aliphatic rings. The number of fused-ring (bicyclic) bond motifs is 1. The average Bonchev–Trinajstić information content (AvgIpc) is 2.69. The van der Waals surface area contributed by atoms with Crippen molar-refractivity contribution in [3.63, 3.8) is 0 Å². The van der Waals surface area contributed by atoms with E-state index in [4.69, 9.17) is 15.9 Å². The van der Waals surface area contributed by atoms with Crippen LogP contribution in [0.5, 0.6) is 0 Å². The molecule has 2 heterocycles. The van der Waals surface area contributed by atoms with Gasteiger partial charge in [-0.2, -0.15) is 0 Å². The summed E-state index contributed by atoms with van der Waals surface area (Å²) in [5, 5.41) is 0.540. The Bertz CT molecular complexity index is 783. The lowest BCUT2D eigenvalue weighted by molar-refractivity contribution is 0.509. The Morgan fingerprint density at radius 2 is 1.84 bits per heavy atom. The molecular weight excluding hydrogens is 252 g/mol. The Labute approximate surface area is 106 Å². The first-order valence-corrected chi connectivity index (χ1v) is 5.45. The second-order valence-corrected chi connectivity index (χ2v) is 4.07. The van der Waals surface area contributed by atoms with Gasteiger partial charge in [-0.15, -0.1) is 0 Å². The fraction of sp³-hybridized carbons (Fsp3) is 0. The summed E-state index contributed by atoms with van der Waals surface area (Å²) in [6.45, 7) is 0. The molecule has 0 atom stereocenters. The van der Waals surface area contributed by atoms with Crippen molar-refractivity contribution in [1.29, 1.82) is 0 Å². The molecule has 3 rings (SSSR count). The Balaban J connectivity index is 2.33. The monoisotopic (exact) mass is 261 g/mol. The summed E-state index contributed by atoms with van der Waals surface area (Å²) in [6, 6.07) is 3.56. The Morgan fingerprint density at radius 1 is 1.05 bits per heavy atom. The number of nitrogens with zero attached hydrogens (tertiary/aromatic N) is 1. The zero-order valence-corrected chi connectivity index (χ0v) is 9.65. The van der Waals surface area contributed by atoms with Crippen LogP contribution in [0.3, 0.4) is 0 Å². The van der Waals surface area contributed by atoms with Gasteiger partial charge in [0.1, 0.15) is 5.69 Å². The number of nitrogens with two attached hydrogens (primary N) is 2. The van der Waals surface area contributed by atoms with E-state index < -0.39 is 11.6 Å². The molecule has 3 aromatic rings. The van der Waals surface area contributed by atoms with Gasteiger partial charge in [0, 0.05) is 11.8 Å². The minimum absolute atomic E-state index is 0.0758. The van der Waals surface area contributed by atoms with Crippen LogP contribution in [0.25, 0.3) is 22.1 Å². The second-order valence-electron chi connectivity index (χ2n) is 4.07. The van der Waals surface area contributed by atoms with E-state index in [0.29, 0.717) is 22.1 Å². The molecule has 0 radical (unpaired) electrons. The first kappa shape index (κ1) is 11.5. The number of rotatable bonds is 1. The molecule has 2 aromatic heterocycles. The lowest BCUT2D eigenvalue weighted by Gasteiger charge is -2.04. The number of hydrogen-bond donors (Lipinski definition) is 2. The molecule has 6 heteroatoms. The maximum atomic E-state index is 13.3. The molecule has 96 valence electrons. The third-order valence-electron chi connectivity index (χ3n) is 2.90. The van der Waals surface area contributed by atoms with Gasteiger partial charge >= 0.3 is 0 Å². The van der Waals surface area contributed by atoms with Gasteiger partial charge in [-0.25, -0.2) is 8.78 Å². The van der Waals surface area contributed by atoms with Crippen LogP contribution in [0.1, 0.15) is 0 Å². The van der Waals surface area contributed by atoms with E-state index >= 15 is 0 Å². The summed E-state index contributed by atoms with van der Waals surface area (Å²) in [6.07, 6.45) is 2.96. The van der Waals surface area contributed by atoms with Crippen molar-refractivity contribution in [2.24, 2.45) is 0 Å². The molecule has 0 aliphatic heterocycles. The van der Waals surface area contributed by atoms with Gasteiger partial charge in [-0.3, -0.25) is 4.98 Å². The third kappa shape index (κ3) is 1.69. The molecule has 0 unspecified atom stereocenters. The van der Waals surface area contributed by atoms with Gasteiger partial charge in [0.05, 0.1) is 11.6 Å². The Morgan fingerprint density at radius 3 is 2.58 bits per heavy atom. The topological polar surface area (TPSA) is 78.1 Å². The van der Waals surface area contributed by atoms with Gasteiger partial charge in [0.15, 0.2) is 17.2 Å². The van der Waals surface area contributed by atoms with Crippen LogP contribution in [0.15, 0.2) is 35.0 Å². The number of aromatic nitrogens is 1. The van der Waals surface area contributed by atoms with E-state index in [1.165, 1.54) is 18.5 Å². The first-order chi connectivity index (χ1) is 9.08. The highest BCUT2D eigenvalue weighted by atomic mass is 19.2. The van der Waals surface area contributed by atoms with Crippen molar-refractivity contribution in [1.82, 2.24) is 4.98 Å². The average molecular weight is 261 g/mol. The molecule has 0 fully saturated rings. The number of furan rings is 1. The Kier molecular flexibility index (Phi) is 2.38. The van der Waals surface area contributed by atoms with E-state index in [9.17, 15) is 8.78 Å². The largest absolute Gasteiger partial charge is 0.437 e. The molecule has 0 amide bonds. The van der Waals surface area contributed by atoms with Crippen molar-refractivity contribution in [2.45, 2.75) is 0 Å². The van der Waals surface area contributed by atoms with Crippen molar-refractivity contribution in [3.05, 3.63) is 42.2 Å². The fourth-order valence-electron chi connectivity index (χ4n) is 1.98. The van der Waals surface area contributed by atoms with Crippen LogP contribution in [0.2, 0.25) is 0 Å². The van der Waals surface area contributed by atoms with Gasteiger partial charge in [-0.05, 0) is 17.7 Å². The number of pyridine rings is 1. The van der Waals surface area contributed by atoms with E-state index in [1.807, 2.05) is 0 Å². The standard InChI is InChI=1S/C13H9F2N3O/c14-8-2-1-6(3-9(8)15)7-4-18-5-10-11(7)12(16)13(17)19-10/h1-5H,16-17H2. The molecule has 0 aliphatic carbocycles. The maximum Gasteiger partial charge on any atom is 0.214 e. The second kappa shape index (κ2) is 3.94. The SMILES string of the molecule is Nc1oc2cncc(-c3ccc(F)c(F)c3)c2c1N. The van der Waals surface area contributed by atoms with Crippen molar-refractivity contribution in [2.75, 3.05) is 11.5 Å². The summed E-state index contributed by atoms with van der Waals surface area (Å²) < 4.78 is 31.5. The minimum Gasteiger partial charge on any atom is -0.437 e. The highest BCUT2D eigenvalue weighted by Crippen LogP contribution is 2.37. The fourth-order valence-corrected chi connectivity index (χ4v) is 1.98. The summed E-state index contributed by atoms with van der Waals surface area (Å²) in [7, 11) is 0. The first-order valence-electron chi connectivity index (χ1n) is 5.45. The molecule has 0 saturated carbocycles.